The van der Waals surface area contributed by atoms with Crippen LogP contribution in [-0.4, -0.2) is 17.8 Å². The molecular weight excluding hydrogens is 208 g/mol. The summed E-state index contributed by atoms with van der Waals surface area (Å²) < 4.78 is 0. The van der Waals surface area contributed by atoms with E-state index in [1.165, 1.54) is 0 Å². The topological polar surface area (TPSA) is 75.3 Å². The zero-order valence-corrected chi connectivity index (χ0v) is 9.66. The number of carbonyl (C=O) groups excluding carboxylic acids is 3. The Labute approximate surface area is 94.3 Å². The van der Waals surface area contributed by atoms with Crippen molar-refractivity contribution in [2.75, 3.05) is 0 Å². The van der Waals surface area contributed by atoms with Gasteiger partial charge in [-0.1, -0.05) is 26.0 Å². The minimum absolute atomic E-state index is 0.254. The highest BCUT2D eigenvalue weighted by Crippen LogP contribution is 2.34. The first-order chi connectivity index (χ1) is 7.48. The minimum atomic E-state index is -1.18. The summed E-state index contributed by atoms with van der Waals surface area (Å²) in [5, 5.41) is 4.29. The van der Waals surface area contributed by atoms with Crippen LogP contribution in [0.4, 0.5) is 4.79 Å². The molecule has 1 aliphatic rings. The summed E-state index contributed by atoms with van der Waals surface area (Å²) in [5.41, 5.74) is -1.18. The van der Waals surface area contributed by atoms with Crippen molar-refractivity contribution in [2.45, 2.75) is 27.2 Å². The van der Waals surface area contributed by atoms with Gasteiger partial charge in [-0.3, -0.25) is 20.2 Å². The number of nitrogens with one attached hydrogen (secondary N) is 2. The SMILES string of the molecule is C/C=C/C(C)C1(CC)C(=O)NC(=O)NC1=O. The standard InChI is InChI=1S/C11H16N2O3/c1-4-6-7(3)11(5-2)8(14)12-10(16)13-9(11)15/h4,6-7H,5H2,1-3H3,(H2,12,13,14,15,16)/b6-4+. The number of amides is 4. The fourth-order valence-electron chi connectivity index (χ4n) is 2.07. The van der Waals surface area contributed by atoms with Gasteiger partial charge in [-0.15, -0.1) is 0 Å². The van der Waals surface area contributed by atoms with Crippen LogP contribution in [0, 0.1) is 11.3 Å². The van der Waals surface area contributed by atoms with Gasteiger partial charge < -0.3 is 0 Å². The van der Waals surface area contributed by atoms with Crippen LogP contribution in [0.15, 0.2) is 12.2 Å². The van der Waals surface area contributed by atoms with E-state index in [1.807, 2.05) is 6.92 Å². The van der Waals surface area contributed by atoms with E-state index in [1.54, 1.807) is 26.0 Å². The molecule has 1 fully saturated rings. The third-order valence-corrected chi connectivity index (χ3v) is 3.08. The Balaban J connectivity index is 3.15. The first-order valence-electron chi connectivity index (χ1n) is 5.28. The molecule has 0 spiro atoms. The van der Waals surface area contributed by atoms with Gasteiger partial charge in [0.25, 0.3) is 0 Å². The van der Waals surface area contributed by atoms with E-state index in [2.05, 4.69) is 10.6 Å². The van der Waals surface area contributed by atoms with E-state index >= 15 is 0 Å². The van der Waals surface area contributed by atoms with Crippen molar-refractivity contribution in [1.82, 2.24) is 10.6 Å². The van der Waals surface area contributed by atoms with Crippen LogP contribution in [0.1, 0.15) is 27.2 Å². The van der Waals surface area contributed by atoms with Gasteiger partial charge in [0.1, 0.15) is 5.41 Å². The third kappa shape index (κ3) is 1.73. The summed E-state index contributed by atoms with van der Waals surface area (Å²) in [7, 11) is 0. The number of allylic oxidation sites excluding steroid dienone is 2. The Morgan fingerprint density at radius 2 is 1.75 bits per heavy atom. The molecule has 1 aliphatic heterocycles. The van der Waals surface area contributed by atoms with Crippen molar-refractivity contribution < 1.29 is 14.4 Å². The quantitative estimate of drug-likeness (QED) is 0.554. The maximum absolute atomic E-state index is 11.9. The normalized spacial score (nSPS) is 21.8. The third-order valence-electron chi connectivity index (χ3n) is 3.08. The number of barbiturate groups is 1. The smallest absolute Gasteiger partial charge is 0.277 e. The predicted octanol–water partition coefficient (Wildman–Crippen LogP) is 0.961. The lowest BCUT2D eigenvalue weighted by Crippen LogP contribution is -2.64. The van der Waals surface area contributed by atoms with Crippen molar-refractivity contribution in [1.29, 1.82) is 0 Å². The van der Waals surface area contributed by atoms with Gasteiger partial charge in [-0.25, -0.2) is 4.79 Å². The van der Waals surface area contributed by atoms with Gasteiger partial charge in [0.2, 0.25) is 11.8 Å². The highest BCUT2D eigenvalue weighted by Gasteiger charge is 2.51. The fraction of sp³-hybridized carbons (Fsp3) is 0.545. The van der Waals surface area contributed by atoms with Gasteiger partial charge in [0.15, 0.2) is 0 Å². The minimum Gasteiger partial charge on any atom is -0.277 e. The second-order valence-corrected chi connectivity index (χ2v) is 3.88. The molecule has 2 N–H and O–H groups in total. The molecule has 0 aromatic rings. The van der Waals surface area contributed by atoms with Crippen LogP contribution in [0.2, 0.25) is 0 Å². The van der Waals surface area contributed by atoms with E-state index in [-0.39, 0.29) is 5.92 Å². The van der Waals surface area contributed by atoms with E-state index in [0.717, 1.165) is 0 Å². The molecule has 5 heteroatoms. The lowest BCUT2D eigenvalue weighted by atomic mass is 9.71. The molecule has 0 bridgehead atoms. The number of hydrogen-bond donors (Lipinski definition) is 2. The van der Waals surface area contributed by atoms with Crippen LogP contribution in [0.3, 0.4) is 0 Å². The van der Waals surface area contributed by atoms with Gasteiger partial charge in [-0.05, 0) is 19.3 Å². The Kier molecular flexibility index (Phi) is 3.47. The summed E-state index contributed by atoms with van der Waals surface area (Å²) in [6.45, 7) is 5.37. The van der Waals surface area contributed by atoms with Crippen molar-refractivity contribution >= 4 is 17.8 Å². The summed E-state index contributed by atoms with van der Waals surface area (Å²) in [5.74, 6) is -1.29. The first kappa shape index (κ1) is 12.4. The molecule has 1 unspecified atom stereocenters. The average Bonchev–Trinajstić information content (AvgIpc) is 2.18. The Bertz CT molecular complexity index is 340. The largest absolute Gasteiger partial charge is 0.328 e. The number of imide groups is 2. The van der Waals surface area contributed by atoms with E-state index in [4.69, 9.17) is 0 Å². The molecule has 0 aromatic heterocycles. The molecule has 5 nitrogen and oxygen atoms in total. The number of rotatable bonds is 3. The van der Waals surface area contributed by atoms with Gasteiger partial charge in [0.05, 0.1) is 0 Å². The van der Waals surface area contributed by atoms with Crippen molar-refractivity contribution in [3.63, 3.8) is 0 Å². The van der Waals surface area contributed by atoms with Gasteiger partial charge >= 0.3 is 6.03 Å². The van der Waals surface area contributed by atoms with Gasteiger partial charge in [-0.2, -0.15) is 0 Å². The van der Waals surface area contributed by atoms with Crippen molar-refractivity contribution in [2.24, 2.45) is 11.3 Å². The molecule has 0 saturated carbocycles. The van der Waals surface area contributed by atoms with Crippen molar-refractivity contribution in [3.05, 3.63) is 12.2 Å². The summed E-state index contributed by atoms with van der Waals surface area (Å²) in [4.78, 5) is 34.7. The molecule has 1 saturated heterocycles. The maximum atomic E-state index is 11.9. The van der Waals surface area contributed by atoms with Gasteiger partial charge in [0, 0.05) is 0 Å². The highest BCUT2D eigenvalue weighted by molar-refractivity contribution is 6.19. The van der Waals surface area contributed by atoms with Crippen LogP contribution in [0.25, 0.3) is 0 Å². The monoisotopic (exact) mass is 224 g/mol. The Morgan fingerprint density at radius 3 is 2.12 bits per heavy atom. The summed E-state index contributed by atoms with van der Waals surface area (Å²) in [6, 6.07) is -0.744. The van der Waals surface area contributed by atoms with Crippen LogP contribution >= 0.6 is 0 Å². The molecule has 0 radical (unpaired) electrons. The maximum Gasteiger partial charge on any atom is 0.328 e. The molecule has 4 amide bonds. The lowest BCUT2D eigenvalue weighted by Gasteiger charge is -2.36. The molecule has 16 heavy (non-hydrogen) atoms. The van der Waals surface area contributed by atoms with E-state index in [9.17, 15) is 14.4 Å². The molecule has 0 aliphatic carbocycles. The fourth-order valence-corrected chi connectivity index (χ4v) is 2.07. The van der Waals surface area contributed by atoms with E-state index in [0.29, 0.717) is 6.42 Å². The molecule has 0 aromatic carbocycles. The summed E-state index contributed by atoms with van der Waals surface area (Å²) >= 11 is 0. The average molecular weight is 224 g/mol. The molecular formula is C11H16N2O3. The van der Waals surface area contributed by atoms with E-state index < -0.39 is 23.3 Å². The highest BCUT2D eigenvalue weighted by atomic mass is 16.2. The van der Waals surface area contributed by atoms with Crippen LogP contribution < -0.4 is 10.6 Å². The Morgan fingerprint density at radius 1 is 1.25 bits per heavy atom. The Hall–Kier alpha value is -1.65. The number of urea groups is 1. The number of hydrogen-bond acceptors (Lipinski definition) is 3. The molecule has 1 atom stereocenters. The van der Waals surface area contributed by atoms with Crippen LogP contribution in [-0.2, 0) is 9.59 Å². The zero-order chi connectivity index (χ0) is 12.3. The molecule has 1 heterocycles. The van der Waals surface area contributed by atoms with Crippen LogP contribution in [0.5, 0.6) is 0 Å². The first-order valence-corrected chi connectivity index (χ1v) is 5.28. The second kappa shape index (κ2) is 4.47. The van der Waals surface area contributed by atoms with Crippen molar-refractivity contribution in [3.8, 4) is 0 Å². The number of carbonyl (C=O) groups is 3. The summed E-state index contributed by atoms with van der Waals surface area (Å²) in [6.07, 6.45) is 3.93. The molecule has 88 valence electrons. The predicted molar refractivity (Wildman–Crippen MR) is 58.4 cm³/mol. The second-order valence-electron chi connectivity index (χ2n) is 3.88. The zero-order valence-electron chi connectivity index (χ0n) is 9.66. The molecule has 1 rings (SSSR count). The lowest BCUT2D eigenvalue weighted by molar-refractivity contribution is -0.147.